The van der Waals surface area contributed by atoms with Crippen molar-refractivity contribution in [3.63, 3.8) is 0 Å². The molecular weight excluding hydrogens is 174 g/mol. The summed E-state index contributed by atoms with van der Waals surface area (Å²) >= 11 is 0. The number of rotatable bonds is 2. The van der Waals surface area contributed by atoms with Crippen LogP contribution in [0.5, 0.6) is 0 Å². The van der Waals surface area contributed by atoms with Gasteiger partial charge in [0.15, 0.2) is 0 Å². The summed E-state index contributed by atoms with van der Waals surface area (Å²) in [6.45, 7) is 2.50. The minimum Gasteiger partial charge on any atom is -0.231 e. The van der Waals surface area contributed by atoms with Crippen LogP contribution in [0.4, 0.5) is 26.3 Å². The summed E-state index contributed by atoms with van der Waals surface area (Å²) in [5, 5.41) is 0. The van der Waals surface area contributed by atoms with Crippen molar-refractivity contribution in [2.45, 2.75) is 24.7 Å². The molecule has 0 nitrogen and oxygen atoms in total. The van der Waals surface area contributed by atoms with Crippen LogP contribution in [-0.4, -0.2) is 18.3 Å². The van der Waals surface area contributed by atoms with Gasteiger partial charge in [0, 0.05) is 6.42 Å². The van der Waals surface area contributed by atoms with E-state index in [-0.39, 0.29) is 0 Å². The summed E-state index contributed by atoms with van der Waals surface area (Å²) in [5.41, 5.74) is 0. The van der Waals surface area contributed by atoms with E-state index in [2.05, 4.69) is 6.92 Å². The molecule has 0 aromatic heterocycles. The Hall–Kier alpha value is -0.420. The third-order valence-electron chi connectivity index (χ3n) is 0.992. The molecule has 0 fully saturated rings. The fourth-order valence-corrected chi connectivity index (χ4v) is 0.366. The highest BCUT2D eigenvalue weighted by Crippen LogP contribution is 2.36. The van der Waals surface area contributed by atoms with Gasteiger partial charge in [-0.3, -0.25) is 0 Å². The lowest BCUT2D eigenvalue weighted by Gasteiger charge is -2.20. The van der Waals surface area contributed by atoms with E-state index in [1.165, 1.54) is 0 Å². The smallest absolute Gasteiger partial charge is 0.231 e. The molecule has 67 valence electrons. The largest absolute Gasteiger partial charge is 0.425 e. The van der Waals surface area contributed by atoms with Crippen molar-refractivity contribution >= 4 is 0 Å². The van der Waals surface area contributed by atoms with Gasteiger partial charge in [0.1, 0.15) is 0 Å². The zero-order chi connectivity index (χ0) is 9.28. The van der Waals surface area contributed by atoms with E-state index in [1.54, 1.807) is 0 Å². The van der Waals surface area contributed by atoms with Crippen molar-refractivity contribution in [3.8, 4) is 0 Å². The Morgan fingerprint density at radius 1 is 1.09 bits per heavy atom. The fourth-order valence-electron chi connectivity index (χ4n) is 0.366. The Labute approximate surface area is 59.2 Å². The van der Waals surface area contributed by atoms with Crippen LogP contribution in [0.15, 0.2) is 0 Å². The van der Waals surface area contributed by atoms with E-state index in [4.69, 9.17) is 0 Å². The zero-order valence-corrected chi connectivity index (χ0v) is 5.26. The molecular formula is C5H5F6. The maximum Gasteiger partial charge on any atom is 0.425 e. The molecule has 11 heavy (non-hydrogen) atoms. The molecule has 0 aliphatic rings. The first-order valence-corrected chi connectivity index (χ1v) is 2.59. The van der Waals surface area contributed by atoms with Gasteiger partial charge in [0.2, 0.25) is 0 Å². The molecule has 0 amide bonds. The Kier molecular flexibility index (Phi) is 2.79. The molecule has 0 saturated carbocycles. The lowest BCUT2D eigenvalue weighted by atomic mass is 10.1. The number of alkyl halides is 6. The van der Waals surface area contributed by atoms with Crippen molar-refractivity contribution in [2.24, 2.45) is 0 Å². The maximum absolute atomic E-state index is 11.9. The lowest BCUT2D eigenvalue weighted by molar-refractivity contribution is -0.243. The van der Waals surface area contributed by atoms with E-state index in [9.17, 15) is 26.3 Å². The van der Waals surface area contributed by atoms with Crippen LogP contribution in [0, 0.1) is 6.92 Å². The predicted octanol–water partition coefficient (Wildman–Crippen LogP) is 2.75. The van der Waals surface area contributed by atoms with Crippen LogP contribution in [-0.2, 0) is 0 Å². The van der Waals surface area contributed by atoms with Gasteiger partial charge < -0.3 is 0 Å². The minimum atomic E-state index is -5.51. The number of hydrogen-bond acceptors (Lipinski definition) is 0. The summed E-state index contributed by atoms with van der Waals surface area (Å²) in [4.78, 5) is 0. The fraction of sp³-hybridized carbons (Fsp3) is 0.800. The first kappa shape index (κ1) is 10.6. The highest BCUT2D eigenvalue weighted by Gasteiger charge is 2.55. The minimum absolute atomic E-state index is 1.41. The average Bonchev–Trinajstić information content (AvgIpc) is 1.84. The average molecular weight is 179 g/mol. The monoisotopic (exact) mass is 179 g/mol. The normalized spacial score (nSPS) is 16.6. The Bertz CT molecular complexity index is 125. The molecule has 1 atom stereocenters. The summed E-state index contributed by atoms with van der Waals surface area (Å²) < 4.78 is 69.3. The zero-order valence-electron chi connectivity index (χ0n) is 5.26. The van der Waals surface area contributed by atoms with Crippen LogP contribution >= 0.6 is 0 Å². The summed E-state index contributed by atoms with van der Waals surface area (Å²) in [5.74, 6) is -4.42. The van der Waals surface area contributed by atoms with Gasteiger partial charge in [-0.25, -0.2) is 13.2 Å². The van der Waals surface area contributed by atoms with Gasteiger partial charge in [0.25, 0.3) is 12.1 Å². The topological polar surface area (TPSA) is 0 Å². The molecule has 0 aliphatic heterocycles. The van der Waals surface area contributed by atoms with Gasteiger partial charge >= 0.3 is 6.18 Å². The van der Waals surface area contributed by atoms with Gasteiger partial charge in [-0.15, -0.1) is 0 Å². The van der Waals surface area contributed by atoms with Crippen LogP contribution < -0.4 is 0 Å². The van der Waals surface area contributed by atoms with Crippen LogP contribution in [0.2, 0.25) is 0 Å². The van der Waals surface area contributed by atoms with Gasteiger partial charge in [-0.05, 0) is 6.92 Å². The molecule has 6 heteroatoms. The van der Waals surface area contributed by atoms with E-state index >= 15 is 0 Å². The Morgan fingerprint density at radius 3 is 1.55 bits per heavy atom. The molecule has 0 heterocycles. The van der Waals surface area contributed by atoms with Crippen LogP contribution in [0.1, 0.15) is 6.42 Å². The number of halogens is 6. The molecule has 0 saturated heterocycles. The molecule has 0 spiro atoms. The highest BCUT2D eigenvalue weighted by atomic mass is 19.4. The molecule has 0 N–H and O–H groups in total. The van der Waals surface area contributed by atoms with Crippen molar-refractivity contribution in [1.82, 2.24) is 0 Å². The van der Waals surface area contributed by atoms with E-state index < -0.39 is 24.7 Å². The van der Waals surface area contributed by atoms with Gasteiger partial charge in [-0.2, -0.15) is 13.2 Å². The first-order chi connectivity index (χ1) is 4.72. The summed E-state index contributed by atoms with van der Waals surface area (Å²) in [7, 11) is 0. The van der Waals surface area contributed by atoms with Crippen LogP contribution in [0.3, 0.4) is 0 Å². The Balaban J connectivity index is 4.35. The third-order valence-corrected chi connectivity index (χ3v) is 0.992. The SMILES string of the molecule is [CH2]CC(F)(F)C(F)C(F)(F)F. The van der Waals surface area contributed by atoms with Crippen molar-refractivity contribution in [2.75, 3.05) is 0 Å². The second kappa shape index (κ2) is 2.91. The first-order valence-electron chi connectivity index (χ1n) is 2.59. The Morgan fingerprint density at radius 2 is 1.45 bits per heavy atom. The maximum atomic E-state index is 11.9. The van der Waals surface area contributed by atoms with Gasteiger partial charge in [-0.1, -0.05) is 0 Å². The number of hydrogen-bond donors (Lipinski definition) is 0. The van der Waals surface area contributed by atoms with E-state index in [0.29, 0.717) is 0 Å². The van der Waals surface area contributed by atoms with E-state index in [1.807, 2.05) is 0 Å². The quantitative estimate of drug-likeness (QED) is 0.571. The lowest BCUT2D eigenvalue weighted by Crippen LogP contribution is -2.41. The van der Waals surface area contributed by atoms with Crippen molar-refractivity contribution in [1.29, 1.82) is 0 Å². The molecule has 1 unspecified atom stereocenters. The highest BCUT2D eigenvalue weighted by molar-refractivity contribution is 4.83. The standard InChI is InChI=1S/C5H5F6/c1-2-4(7,8)3(6)5(9,10)11/h3H,1-2H2. The summed E-state index contributed by atoms with van der Waals surface area (Å²) in [6, 6.07) is 0. The van der Waals surface area contributed by atoms with Crippen LogP contribution in [0.25, 0.3) is 0 Å². The molecule has 0 rings (SSSR count). The summed E-state index contributed by atoms with van der Waals surface area (Å²) in [6.07, 6.45) is -11.0. The molecule has 0 aromatic rings. The van der Waals surface area contributed by atoms with Gasteiger partial charge in [0.05, 0.1) is 0 Å². The molecule has 1 radical (unpaired) electrons. The second-order valence-electron chi connectivity index (χ2n) is 1.92. The molecule has 0 aromatic carbocycles. The third kappa shape index (κ3) is 2.59. The predicted molar refractivity (Wildman–Crippen MR) is 25.9 cm³/mol. The van der Waals surface area contributed by atoms with Crippen molar-refractivity contribution in [3.05, 3.63) is 6.92 Å². The van der Waals surface area contributed by atoms with E-state index in [0.717, 1.165) is 0 Å². The van der Waals surface area contributed by atoms with Crippen molar-refractivity contribution < 1.29 is 26.3 Å². The second-order valence-corrected chi connectivity index (χ2v) is 1.92. The molecule has 0 bridgehead atoms. The molecule has 0 aliphatic carbocycles.